The number of likely N-dealkylation sites (tertiary alicyclic amines) is 1. The van der Waals surface area contributed by atoms with Crippen LogP contribution in [-0.4, -0.2) is 79.1 Å². The van der Waals surface area contributed by atoms with E-state index in [-0.39, 0.29) is 12.5 Å². The van der Waals surface area contributed by atoms with Gasteiger partial charge in [-0.2, -0.15) is 9.61 Å². The van der Waals surface area contributed by atoms with Crippen molar-refractivity contribution in [3.63, 3.8) is 0 Å². The highest BCUT2D eigenvalue weighted by Crippen LogP contribution is 2.33. The van der Waals surface area contributed by atoms with Gasteiger partial charge in [0.1, 0.15) is 22.8 Å². The Morgan fingerprint density at radius 1 is 1.13 bits per heavy atom. The number of carbonyl (C=O) groups excluding carboxylic acids is 3. The molecule has 1 aliphatic heterocycles. The molecule has 2 aromatic heterocycles. The third kappa shape index (κ3) is 8.79. The molecule has 47 heavy (non-hydrogen) atoms. The minimum absolute atomic E-state index is 0.0540. The number of aliphatic hydroxyl groups is 1. The Bertz CT molecular complexity index is 1620. The molecule has 2 unspecified atom stereocenters. The van der Waals surface area contributed by atoms with Crippen molar-refractivity contribution in [2.75, 3.05) is 28.6 Å². The van der Waals surface area contributed by atoms with E-state index in [1.807, 2.05) is 13.8 Å². The number of ether oxygens (including phenoxy) is 2. The summed E-state index contributed by atoms with van der Waals surface area (Å²) in [6, 6.07) is 7.86. The zero-order valence-corrected chi connectivity index (χ0v) is 28.5. The average molecular weight is 650 g/mol. The van der Waals surface area contributed by atoms with Crippen molar-refractivity contribution in [3.8, 4) is 0 Å². The molecule has 0 radical (unpaired) electrons. The highest BCUT2D eigenvalue weighted by Gasteiger charge is 2.36. The molecule has 0 saturated carbocycles. The lowest BCUT2D eigenvalue weighted by Gasteiger charge is -2.39. The predicted molar refractivity (Wildman–Crippen MR) is 181 cm³/mol. The van der Waals surface area contributed by atoms with Crippen molar-refractivity contribution in [2.24, 2.45) is 0 Å². The average Bonchev–Trinajstić information content (AvgIpc) is 3.39. The highest BCUT2D eigenvalue weighted by atomic mass is 16.6. The van der Waals surface area contributed by atoms with E-state index in [0.717, 1.165) is 11.6 Å². The Morgan fingerprint density at radius 3 is 2.47 bits per heavy atom. The quantitative estimate of drug-likeness (QED) is 0.242. The molecule has 3 heterocycles. The van der Waals surface area contributed by atoms with Gasteiger partial charge < -0.3 is 30.1 Å². The number of amides is 3. The Labute approximate surface area is 275 Å². The summed E-state index contributed by atoms with van der Waals surface area (Å²) < 4.78 is 13.1. The van der Waals surface area contributed by atoms with Gasteiger partial charge in [0.25, 0.3) is 0 Å². The third-order valence-corrected chi connectivity index (χ3v) is 7.33. The maximum Gasteiger partial charge on any atom is 0.420 e. The van der Waals surface area contributed by atoms with Crippen molar-refractivity contribution < 1.29 is 29.0 Å². The lowest BCUT2D eigenvalue weighted by molar-refractivity contribution is -0.111. The second kappa shape index (κ2) is 14.0. The molecule has 254 valence electrons. The van der Waals surface area contributed by atoms with Crippen LogP contribution in [-0.2, 0) is 14.3 Å². The summed E-state index contributed by atoms with van der Waals surface area (Å²) in [6.07, 6.45) is 2.11. The number of piperidine rings is 1. The Kier molecular flexibility index (Phi) is 10.5. The van der Waals surface area contributed by atoms with Crippen LogP contribution in [0, 0.1) is 0 Å². The fraction of sp³-hybridized carbons (Fsp3) is 0.500. The summed E-state index contributed by atoms with van der Waals surface area (Å²) in [5.74, 6) is 0.363. The van der Waals surface area contributed by atoms with Crippen LogP contribution >= 0.6 is 0 Å². The molecule has 3 N–H and O–H groups in total. The number of aliphatic hydroxyl groups excluding tert-OH is 1. The van der Waals surface area contributed by atoms with Gasteiger partial charge in [-0.25, -0.2) is 19.5 Å². The molecule has 1 fully saturated rings. The zero-order chi connectivity index (χ0) is 34.7. The van der Waals surface area contributed by atoms with E-state index in [9.17, 15) is 19.5 Å². The van der Waals surface area contributed by atoms with Crippen LogP contribution in [0.2, 0.25) is 0 Å². The van der Waals surface area contributed by atoms with Gasteiger partial charge in [0.05, 0.1) is 24.0 Å². The fourth-order valence-corrected chi connectivity index (χ4v) is 5.22. The number of benzene rings is 1. The van der Waals surface area contributed by atoms with Crippen LogP contribution in [0.15, 0.2) is 49.2 Å². The minimum Gasteiger partial charge on any atom is -0.444 e. The van der Waals surface area contributed by atoms with E-state index in [1.54, 1.807) is 87.5 Å². The predicted octanol–water partition coefficient (Wildman–Crippen LogP) is 6.22. The summed E-state index contributed by atoms with van der Waals surface area (Å²) in [7, 11) is 0. The molecule has 1 aromatic carbocycles. The van der Waals surface area contributed by atoms with E-state index >= 15 is 0 Å². The molecule has 1 saturated heterocycles. The number of fused-ring (bicyclic) bond motifs is 1. The first kappa shape index (κ1) is 35.2. The lowest BCUT2D eigenvalue weighted by Crippen LogP contribution is -2.55. The van der Waals surface area contributed by atoms with Crippen LogP contribution < -0.4 is 15.5 Å². The second-order valence-electron chi connectivity index (χ2n) is 13.9. The van der Waals surface area contributed by atoms with Crippen LogP contribution in [0.4, 0.5) is 32.6 Å². The number of rotatable bonds is 8. The molecule has 13 nitrogen and oxygen atoms in total. The van der Waals surface area contributed by atoms with Gasteiger partial charge in [0.2, 0.25) is 5.91 Å². The Hall–Kier alpha value is -4.65. The summed E-state index contributed by atoms with van der Waals surface area (Å²) >= 11 is 0. The number of hydrogen-bond acceptors (Lipinski definition) is 9. The van der Waals surface area contributed by atoms with Crippen molar-refractivity contribution in [1.29, 1.82) is 0 Å². The van der Waals surface area contributed by atoms with Gasteiger partial charge in [-0.3, -0.25) is 4.79 Å². The van der Waals surface area contributed by atoms with Gasteiger partial charge in [-0.15, -0.1) is 0 Å². The second-order valence-corrected chi connectivity index (χ2v) is 13.9. The Morgan fingerprint density at radius 2 is 1.83 bits per heavy atom. The molecule has 2 atom stereocenters. The third-order valence-electron chi connectivity index (χ3n) is 7.33. The molecule has 4 rings (SSSR count). The maximum absolute atomic E-state index is 14.0. The Balaban J connectivity index is 1.81. The molecule has 1 aliphatic rings. The number of carbonyl (C=O) groups is 3. The van der Waals surface area contributed by atoms with E-state index in [4.69, 9.17) is 14.5 Å². The minimum atomic E-state index is -0.827. The van der Waals surface area contributed by atoms with Crippen molar-refractivity contribution in [3.05, 3.63) is 54.7 Å². The van der Waals surface area contributed by atoms with E-state index < -0.39 is 41.4 Å². The number of nitrogens with zero attached hydrogens (tertiary/aromatic N) is 5. The molecule has 0 spiro atoms. The van der Waals surface area contributed by atoms with Crippen molar-refractivity contribution >= 4 is 46.8 Å². The zero-order valence-electron chi connectivity index (χ0n) is 28.5. The summed E-state index contributed by atoms with van der Waals surface area (Å²) in [5, 5.41) is 21.6. The van der Waals surface area contributed by atoms with Crippen molar-refractivity contribution in [1.82, 2.24) is 19.5 Å². The topological polar surface area (TPSA) is 151 Å². The fourth-order valence-electron chi connectivity index (χ4n) is 5.22. The first-order chi connectivity index (χ1) is 22.0. The van der Waals surface area contributed by atoms with Gasteiger partial charge in [-0.05, 0) is 84.6 Å². The van der Waals surface area contributed by atoms with Crippen molar-refractivity contribution in [2.45, 2.75) is 97.5 Å². The van der Waals surface area contributed by atoms with Gasteiger partial charge >= 0.3 is 12.2 Å². The normalized spacial score (nSPS) is 16.9. The molecule has 3 amide bonds. The number of nitrogens with one attached hydrogen (secondary N) is 2. The van der Waals surface area contributed by atoms with E-state index in [1.165, 1.54) is 4.90 Å². The summed E-state index contributed by atoms with van der Waals surface area (Å²) in [5.41, 5.74) is 0.691. The molecular weight excluding hydrogens is 602 g/mol. The first-order valence-electron chi connectivity index (χ1n) is 15.8. The summed E-state index contributed by atoms with van der Waals surface area (Å²) in [6.45, 7) is 18.9. The molecule has 0 aliphatic carbocycles. The monoisotopic (exact) mass is 649 g/mol. The van der Waals surface area contributed by atoms with E-state index in [2.05, 4.69) is 22.3 Å². The number of hydrogen-bond donors (Lipinski definition) is 3. The van der Waals surface area contributed by atoms with Crippen LogP contribution in [0.25, 0.3) is 5.65 Å². The maximum atomic E-state index is 14.0. The largest absolute Gasteiger partial charge is 0.444 e. The SMILES string of the molecule is C=CC(=O)Nc1cccc(N(C(=O)OC(C)(C)C)c2cc(NCC3C(O)CCCN3C(=O)OC(C)(C)C)nc3c(C(C)C)cnn23)c1. The van der Waals surface area contributed by atoms with E-state index in [0.29, 0.717) is 48.0 Å². The number of anilines is 4. The highest BCUT2D eigenvalue weighted by molar-refractivity contribution is 6.01. The molecule has 3 aromatic rings. The van der Waals surface area contributed by atoms with Crippen LogP contribution in [0.5, 0.6) is 0 Å². The summed E-state index contributed by atoms with van der Waals surface area (Å²) in [4.78, 5) is 46.9. The van der Waals surface area contributed by atoms with Gasteiger partial charge in [0.15, 0.2) is 5.65 Å². The molecular formula is C34H47N7O6. The standard InChI is InChI=1S/C34H47N7O6/c1-10-28(43)37-22-13-11-14-23(17-22)40(32(45)47-34(7,8)9)29-18-27(38-30-24(21(2)3)19-36-41(29)30)35-20-25-26(42)15-12-16-39(25)31(44)46-33(4,5)6/h10-11,13-14,17-19,21,25-26,42H,1,12,15-16,20H2,2-9H3,(H,35,38)(H,37,43). The van der Waals surface area contributed by atoms with Gasteiger partial charge in [0, 0.05) is 30.4 Å². The smallest absolute Gasteiger partial charge is 0.420 e. The molecule has 0 bridgehead atoms. The number of aromatic nitrogens is 3. The lowest BCUT2D eigenvalue weighted by atomic mass is 9.99. The first-order valence-corrected chi connectivity index (χ1v) is 15.8. The van der Waals surface area contributed by atoms with Gasteiger partial charge in [-0.1, -0.05) is 26.5 Å². The molecule has 13 heteroatoms. The van der Waals surface area contributed by atoms with Crippen LogP contribution in [0.3, 0.4) is 0 Å². The van der Waals surface area contributed by atoms with Crippen LogP contribution in [0.1, 0.15) is 79.7 Å².